The number of hydrogen-bond donors (Lipinski definition) is 0. The second-order valence-electron chi connectivity index (χ2n) is 8.13. The fourth-order valence-electron chi connectivity index (χ4n) is 4.53. The first-order valence-electron chi connectivity index (χ1n) is 10.5. The van der Waals surface area contributed by atoms with E-state index >= 15 is 0 Å². The van der Waals surface area contributed by atoms with Crippen molar-refractivity contribution in [2.45, 2.75) is 51.7 Å². The minimum absolute atomic E-state index is 0.0668. The molecule has 4 rings (SSSR count). The highest BCUT2D eigenvalue weighted by Crippen LogP contribution is 2.26. The van der Waals surface area contributed by atoms with Gasteiger partial charge in [-0.05, 0) is 57.7 Å². The van der Waals surface area contributed by atoms with Crippen molar-refractivity contribution in [3.63, 3.8) is 0 Å². The van der Waals surface area contributed by atoms with Crippen LogP contribution in [0.1, 0.15) is 47.6 Å². The summed E-state index contributed by atoms with van der Waals surface area (Å²) in [5.74, 6) is 1.61. The number of furan rings is 1. The molecule has 5 nitrogen and oxygen atoms in total. The first-order valence-corrected chi connectivity index (χ1v) is 10.5. The Kier molecular flexibility index (Phi) is 5.90. The van der Waals surface area contributed by atoms with Crippen LogP contribution < -0.4 is 4.74 Å². The second kappa shape index (κ2) is 8.57. The van der Waals surface area contributed by atoms with Crippen LogP contribution in [0.15, 0.2) is 34.7 Å². The van der Waals surface area contributed by atoms with Crippen LogP contribution in [-0.4, -0.2) is 54.0 Å². The van der Waals surface area contributed by atoms with Crippen LogP contribution in [0.3, 0.4) is 0 Å². The van der Waals surface area contributed by atoms with E-state index in [1.807, 2.05) is 24.8 Å². The van der Waals surface area contributed by atoms with Crippen LogP contribution in [0.25, 0.3) is 0 Å². The summed E-state index contributed by atoms with van der Waals surface area (Å²) in [5.41, 5.74) is 0.687. The van der Waals surface area contributed by atoms with Crippen LogP contribution in [0.4, 0.5) is 4.39 Å². The van der Waals surface area contributed by atoms with E-state index in [1.165, 1.54) is 6.07 Å². The third kappa shape index (κ3) is 4.47. The number of hydrogen-bond acceptors (Lipinski definition) is 4. The van der Waals surface area contributed by atoms with E-state index in [0.717, 1.165) is 57.6 Å². The van der Waals surface area contributed by atoms with Crippen LogP contribution in [-0.2, 0) is 0 Å². The molecule has 0 aliphatic carbocycles. The van der Waals surface area contributed by atoms with E-state index in [2.05, 4.69) is 4.90 Å². The number of benzene rings is 1. The molecule has 1 aromatic carbocycles. The summed E-state index contributed by atoms with van der Waals surface area (Å²) in [4.78, 5) is 17.2. The molecular weight excluding hydrogens is 371 g/mol. The minimum Gasteiger partial charge on any atom is -0.487 e. The minimum atomic E-state index is -0.296. The van der Waals surface area contributed by atoms with Gasteiger partial charge in [-0.1, -0.05) is 12.1 Å². The van der Waals surface area contributed by atoms with Gasteiger partial charge in [-0.15, -0.1) is 0 Å². The Morgan fingerprint density at radius 1 is 1.07 bits per heavy atom. The lowest BCUT2D eigenvalue weighted by Gasteiger charge is -2.41. The van der Waals surface area contributed by atoms with Crippen molar-refractivity contribution in [1.29, 1.82) is 0 Å². The third-order valence-electron chi connectivity index (χ3n) is 6.15. The highest BCUT2D eigenvalue weighted by Gasteiger charge is 2.31. The Hall–Kier alpha value is -2.34. The summed E-state index contributed by atoms with van der Waals surface area (Å²) in [6, 6.07) is 8.94. The Morgan fingerprint density at radius 3 is 2.38 bits per heavy atom. The highest BCUT2D eigenvalue weighted by atomic mass is 19.1. The summed E-state index contributed by atoms with van der Waals surface area (Å²) in [5, 5.41) is 0. The zero-order valence-corrected chi connectivity index (χ0v) is 17.2. The van der Waals surface area contributed by atoms with Gasteiger partial charge in [-0.3, -0.25) is 9.69 Å². The molecule has 2 aliphatic rings. The molecule has 156 valence electrons. The molecule has 0 radical (unpaired) electrons. The number of nitrogens with zero attached hydrogens (tertiary/aromatic N) is 2. The summed E-state index contributed by atoms with van der Waals surface area (Å²) < 4.78 is 25.2. The lowest BCUT2D eigenvalue weighted by molar-refractivity contribution is 0.0416. The molecule has 2 saturated heterocycles. The fourth-order valence-corrected chi connectivity index (χ4v) is 4.53. The van der Waals surface area contributed by atoms with Gasteiger partial charge in [-0.25, -0.2) is 4.39 Å². The molecule has 3 heterocycles. The predicted molar refractivity (Wildman–Crippen MR) is 109 cm³/mol. The topological polar surface area (TPSA) is 45.9 Å². The SMILES string of the molecule is Cc1cc(C(=O)N2CCC(N3CCC(Oc4ccccc4F)CC3)CC2)c(C)o1. The quantitative estimate of drug-likeness (QED) is 0.772. The maximum atomic E-state index is 13.8. The van der Waals surface area contributed by atoms with Crippen molar-refractivity contribution >= 4 is 5.91 Å². The Balaban J connectivity index is 1.25. The monoisotopic (exact) mass is 400 g/mol. The van der Waals surface area contributed by atoms with Gasteiger partial charge in [0.05, 0.1) is 5.56 Å². The van der Waals surface area contributed by atoms with Crippen LogP contribution >= 0.6 is 0 Å². The van der Waals surface area contributed by atoms with Gasteiger partial charge in [0.2, 0.25) is 0 Å². The number of aryl methyl sites for hydroxylation is 2. The smallest absolute Gasteiger partial charge is 0.257 e. The van der Waals surface area contributed by atoms with E-state index in [0.29, 0.717) is 23.1 Å². The van der Waals surface area contributed by atoms with Crippen molar-refractivity contribution in [3.8, 4) is 5.75 Å². The summed E-state index contributed by atoms with van der Waals surface area (Å²) in [7, 11) is 0. The molecule has 2 aliphatic heterocycles. The summed E-state index contributed by atoms with van der Waals surface area (Å²) in [6.45, 7) is 7.18. The van der Waals surface area contributed by atoms with E-state index in [-0.39, 0.29) is 17.8 Å². The zero-order chi connectivity index (χ0) is 20.4. The van der Waals surface area contributed by atoms with E-state index < -0.39 is 0 Å². The van der Waals surface area contributed by atoms with Gasteiger partial charge in [0.1, 0.15) is 17.6 Å². The fraction of sp³-hybridized carbons (Fsp3) is 0.522. The van der Waals surface area contributed by atoms with Gasteiger partial charge in [0.25, 0.3) is 5.91 Å². The number of carbonyl (C=O) groups is 1. The first-order chi connectivity index (χ1) is 14.0. The molecule has 0 unspecified atom stereocenters. The largest absolute Gasteiger partial charge is 0.487 e. The molecule has 29 heavy (non-hydrogen) atoms. The van der Waals surface area contributed by atoms with E-state index in [1.54, 1.807) is 18.2 Å². The lowest BCUT2D eigenvalue weighted by atomic mass is 9.98. The number of likely N-dealkylation sites (tertiary alicyclic amines) is 2. The number of halogens is 1. The van der Waals surface area contributed by atoms with Crippen molar-refractivity contribution < 1.29 is 18.3 Å². The third-order valence-corrected chi connectivity index (χ3v) is 6.15. The summed E-state index contributed by atoms with van der Waals surface area (Å²) >= 11 is 0. The van der Waals surface area contributed by atoms with Crippen molar-refractivity contribution in [3.05, 3.63) is 53.2 Å². The first kappa shape index (κ1) is 20.0. The van der Waals surface area contributed by atoms with Crippen LogP contribution in [0, 0.1) is 19.7 Å². The molecule has 0 bridgehead atoms. The number of carbonyl (C=O) groups excluding carboxylic acids is 1. The average molecular weight is 400 g/mol. The molecule has 2 fully saturated rings. The molecule has 0 atom stereocenters. The number of amides is 1. The Bertz CT molecular complexity index is 850. The van der Waals surface area contributed by atoms with Gasteiger partial charge in [0.15, 0.2) is 11.6 Å². The van der Waals surface area contributed by atoms with Gasteiger partial charge in [-0.2, -0.15) is 0 Å². The molecule has 6 heteroatoms. The van der Waals surface area contributed by atoms with Gasteiger partial charge in [0, 0.05) is 32.2 Å². The highest BCUT2D eigenvalue weighted by molar-refractivity contribution is 5.95. The van der Waals surface area contributed by atoms with Gasteiger partial charge < -0.3 is 14.1 Å². The standard InChI is InChI=1S/C23H29FN2O3/c1-16-15-20(17(2)28-16)23(27)26-11-7-18(8-12-26)25-13-9-19(10-14-25)29-22-6-4-3-5-21(22)24/h3-6,15,18-19H,7-14H2,1-2H3. The van der Waals surface area contributed by atoms with Crippen molar-refractivity contribution in [2.75, 3.05) is 26.2 Å². The van der Waals surface area contributed by atoms with Crippen molar-refractivity contribution in [1.82, 2.24) is 9.80 Å². The van der Waals surface area contributed by atoms with Crippen molar-refractivity contribution in [2.24, 2.45) is 0 Å². The second-order valence-corrected chi connectivity index (χ2v) is 8.13. The molecule has 2 aromatic rings. The average Bonchev–Trinajstić information content (AvgIpc) is 3.08. The Labute approximate surface area is 171 Å². The number of rotatable bonds is 4. The molecule has 0 spiro atoms. The van der Waals surface area contributed by atoms with E-state index in [9.17, 15) is 9.18 Å². The number of para-hydroxylation sites is 1. The molecule has 1 amide bonds. The van der Waals surface area contributed by atoms with Crippen LogP contribution in [0.5, 0.6) is 5.75 Å². The normalized spacial score (nSPS) is 19.5. The molecule has 0 N–H and O–H groups in total. The molecule has 0 saturated carbocycles. The maximum Gasteiger partial charge on any atom is 0.257 e. The summed E-state index contributed by atoms with van der Waals surface area (Å²) in [6.07, 6.45) is 3.85. The van der Waals surface area contributed by atoms with E-state index in [4.69, 9.17) is 9.15 Å². The zero-order valence-electron chi connectivity index (χ0n) is 17.2. The molecule has 1 aromatic heterocycles. The van der Waals surface area contributed by atoms with Gasteiger partial charge >= 0.3 is 0 Å². The van der Waals surface area contributed by atoms with Crippen LogP contribution in [0.2, 0.25) is 0 Å². The number of ether oxygens (including phenoxy) is 1. The Morgan fingerprint density at radius 2 is 1.76 bits per heavy atom. The predicted octanol–water partition coefficient (Wildman–Crippen LogP) is 4.18. The maximum absolute atomic E-state index is 13.8. The number of piperidine rings is 2. The lowest BCUT2D eigenvalue weighted by Crippen LogP contribution is -2.50. The molecular formula is C23H29FN2O3.